The summed E-state index contributed by atoms with van der Waals surface area (Å²) in [5.74, 6) is -0.915. The van der Waals surface area contributed by atoms with E-state index >= 15 is 0 Å². The highest BCUT2D eigenvalue weighted by Gasteiger charge is 2.38. The highest BCUT2D eigenvalue weighted by Crippen LogP contribution is 2.26. The summed E-state index contributed by atoms with van der Waals surface area (Å²) in [7, 11) is 0. The van der Waals surface area contributed by atoms with Crippen molar-refractivity contribution in [2.75, 3.05) is 13.1 Å². The molecule has 1 atom stereocenters. The van der Waals surface area contributed by atoms with Crippen LogP contribution >= 0.6 is 0 Å². The molecule has 7 nitrogen and oxygen atoms in total. The number of aliphatic carboxylic acids is 1. The number of carbonyl (C=O) groups excluding carboxylic acids is 1. The molecule has 0 aromatic carbocycles. The molecule has 0 radical (unpaired) electrons. The number of nitrogens with one attached hydrogen (secondary N) is 1. The van der Waals surface area contributed by atoms with Crippen LogP contribution in [-0.2, 0) is 9.53 Å². The maximum atomic E-state index is 11.7. The molecule has 1 aliphatic heterocycles. The first-order valence-electron chi connectivity index (χ1n) is 7.12. The third-order valence-corrected chi connectivity index (χ3v) is 3.25. The zero-order valence-electron chi connectivity index (χ0n) is 12.9. The van der Waals surface area contributed by atoms with Gasteiger partial charge in [-0.05, 0) is 38.5 Å². The van der Waals surface area contributed by atoms with Crippen LogP contribution in [0.2, 0.25) is 0 Å². The van der Waals surface area contributed by atoms with E-state index in [0.29, 0.717) is 18.7 Å². The Balaban J connectivity index is 1.89. The molecule has 2 N–H and O–H groups in total. The lowest BCUT2D eigenvalue weighted by atomic mass is 10.00. The smallest absolute Gasteiger partial charge is 0.407 e. The Labute approximate surface area is 129 Å². The summed E-state index contributed by atoms with van der Waals surface area (Å²) in [4.78, 5) is 28.8. The number of alkyl carbamates (subject to hydrolysis) is 1. The van der Waals surface area contributed by atoms with Crippen molar-refractivity contribution in [1.29, 1.82) is 0 Å². The lowest BCUT2D eigenvalue weighted by Gasteiger charge is -2.42. The summed E-state index contributed by atoms with van der Waals surface area (Å²) < 4.78 is 5.18. The van der Waals surface area contributed by atoms with Gasteiger partial charge in [-0.15, -0.1) is 0 Å². The Morgan fingerprint density at radius 2 is 1.95 bits per heavy atom. The maximum Gasteiger partial charge on any atom is 0.407 e. The molecule has 1 aromatic rings. The number of carboxylic acid groups (broad SMARTS) is 1. The molecular formula is C15H21N3O4. The van der Waals surface area contributed by atoms with E-state index < -0.39 is 23.7 Å². The first-order chi connectivity index (χ1) is 10.3. The van der Waals surface area contributed by atoms with Crippen molar-refractivity contribution in [3.63, 3.8) is 0 Å². The third-order valence-electron chi connectivity index (χ3n) is 3.25. The summed E-state index contributed by atoms with van der Waals surface area (Å²) >= 11 is 0. The van der Waals surface area contributed by atoms with Crippen molar-refractivity contribution in [2.45, 2.75) is 38.5 Å². The number of nitrogens with zero attached hydrogens (tertiary/aromatic N) is 2. The minimum atomic E-state index is -0.915. The van der Waals surface area contributed by atoms with Crippen LogP contribution in [0.5, 0.6) is 0 Å². The van der Waals surface area contributed by atoms with Gasteiger partial charge in [0.25, 0.3) is 0 Å². The summed E-state index contributed by atoms with van der Waals surface area (Å²) in [5, 5.41) is 12.1. The minimum Gasteiger partial charge on any atom is -0.480 e. The molecule has 0 aliphatic carbocycles. The number of carboxylic acids is 1. The molecule has 2 rings (SSSR count). The van der Waals surface area contributed by atoms with Gasteiger partial charge in [0.1, 0.15) is 11.6 Å². The van der Waals surface area contributed by atoms with Gasteiger partial charge in [0.2, 0.25) is 0 Å². The fraction of sp³-hybridized carbons (Fsp3) is 0.533. The number of likely N-dealkylation sites (tertiary alicyclic amines) is 1. The molecule has 1 saturated heterocycles. The zero-order valence-corrected chi connectivity index (χ0v) is 12.9. The minimum absolute atomic E-state index is 0.0986. The Bertz CT molecular complexity index is 535. The average Bonchev–Trinajstić information content (AvgIpc) is 2.34. The maximum absolute atomic E-state index is 11.7. The van der Waals surface area contributed by atoms with Crippen molar-refractivity contribution in [3.05, 3.63) is 30.1 Å². The van der Waals surface area contributed by atoms with Crippen LogP contribution in [0, 0.1) is 0 Å². The fourth-order valence-corrected chi connectivity index (χ4v) is 2.34. The summed E-state index contributed by atoms with van der Waals surface area (Å²) in [6.45, 7) is 6.33. The molecule has 1 aromatic heterocycles. The molecule has 1 unspecified atom stereocenters. The van der Waals surface area contributed by atoms with Crippen LogP contribution in [-0.4, -0.2) is 51.8 Å². The van der Waals surface area contributed by atoms with E-state index in [9.17, 15) is 14.7 Å². The second kappa shape index (κ2) is 6.31. The van der Waals surface area contributed by atoms with E-state index in [1.165, 1.54) is 0 Å². The number of carbonyl (C=O) groups is 2. The molecule has 0 bridgehead atoms. The number of amides is 1. The number of ether oxygens (including phenoxy) is 1. The van der Waals surface area contributed by atoms with Gasteiger partial charge in [0.15, 0.2) is 0 Å². The molecule has 1 aliphatic rings. The quantitative estimate of drug-likeness (QED) is 0.874. The second-order valence-electron chi connectivity index (χ2n) is 6.32. The molecule has 0 spiro atoms. The van der Waals surface area contributed by atoms with Gasteiger partial charge < -0.3 is 15.2 Å². The van der Waals surface area contributed by atoms with E-state index in [2.05, 4.69) is 10.3 Å². The highest BCUT2D eigenvalue weighted by molar-refractivity contribution is 5.76. The lowest BCUT2D eigenvalue weighted by molar-refractivity contribution is -0.145. The van der Waals surface area contributed by atoms with Gasteiger partial charge in [0, 0.05) is 25.5 Å². The first-order valence-corrected chi connectivity index (χ1v) is 7.12. The van der Waals surface area contributed by atoms with E-state index in [1.807, 2.05) is 0 Å². The van der Waals surface area contributed by atoms with E-state index in [0.717, 1.165) is 0 Å². The van der Waals surface area contributed by atoms with E-state index in [1.54, 1.807) is 50.2 Å². The fourth-order valence-electron chi connectivity index (χ4n) is 2.34. The lowest BCUT2D eigenvalue weighted by Crippen LogP contribution is -2.61. The van der Waals surface area contributed by atoms with Gasteiger partial charge in [-0.25, -0.2) is 4.79 Å². The van der Waals surface area contributed by atoms with E-state index in [-0.39, 0.29) is 6.04 Å². The molecule has 2 heterocycles. The normalized spacial score (nSPS) is 17.4. The van der Waals surface area contributed by atoms with E-state index in [4.69, 9.17) is 4.74 Å². The third kappa shape index (κ3) is 4.17. The van der Waals surface area contributed by atoms with Crippen molar-refractivity contribution in [3.8, 4) is 0 Å². The Morgan fingerprint density at radius 1 is 1.36 bits per heavy atom. The highest BCUT2D eigenvalue weighted by atomic mass is 16.6. The molecular weight excluding hydrogens is 286 g/mol. The van der Waals surface area contributed by atoms with Crippen LogP contribution in [0.1, 0.15) is 32.4 Å². The monoisotopic (exact) mass is 307 g/mol. The van der Waals surface area contributed by atoms with Crippen LogP contribution in [0.25, 0.3) is 0 Å². The largest absolute Gasteiger partial charge is 0.480 e. The van der Waals surface area contributed by atoms with Gasteiger partial charge in [-0.2, -0.15) is 0 Å². The predicted octanol–water partition coefficient (Wildman–Crippen LogP) is 1.42. The van der Waals surface area contributed by atoms with Crippen molar-refractivity contribution in [2.24, 2.45) is 0 Å². The van der Waals surface area contributed by atoms with Crippen molar-refractivity contribution in [1.82, 2.24) is 15.2 Å². The number of rotatable bonds is 4. The van der Waals surface area contributed by atoms with Gasteiger partial charge in [-0.1, -0.05) is 0 Å². The molecule has 1 amide bonds. The van der Waals surface area contributed by atoms with Crippen LogP contribution in [0.15, 0.2) is 24.5 Å². The standard InChI is InChI=1S/C15H21N3O4/c1-15(2,3)22-14(21)17-11-8-18(9-11)12(13(19)20)10-4-6-16-7-5-10/h4-7,11-12H,8-9H2,1-3H3,(H,17,21)(H,19,20). The Kier molecular flexibility index (Phi) is 4.65. The first kappa shape index (κ1) is 16.2. The van der Waals surface area contributed by atoms with Crippen molar-refractivity contribution < 1.29 is 19.4 Å². The van der Waals surface area contributed by atoms with Crippen LogP contribution in [0.4, 0.5) is 4.79 Å². The van der Waals surface area contributed by atoms with Crippen LogP contribution in [0.3, 0.4) is 0 Å². The Morgan fingerprint density at radius 3 is 2.45 bits per heavy atom. The summed E-state index contributed by atoms with van der Waals surface area (Å²) in [5.41, 5.74) is 0.131. The zero-order chi connectivity index (χ0) is 16.3. The number of pyridine rings is 1. The summed E-state index contributed by atoms with van der Waals surface area (Å²) in [6, 6.07) is 2.55. The average molecular weight is 307 g/mol. The molecule has 22 heavy (non-hydrogen) atoms. The van der Waals surface area contributed by atoms with Gasteiger partial charge in [-0.3, -0.25) is 14.7 Å². The summed E-state index contributed by atoms with van der Waals surface area (Å²) in [6.07, 6.45) is 2.66. The number of hydrogen-bond acceptors (Lipinski definition) is 5. The van der Waals surface area contributed by atoms with Crippen molar-refractivity contribution >= 4 is 12.1 Å². The molecule has 0 saturated carbocycles. The number of aromatic nitrogens is 1. The second-order valence-corrected chi connectivity index (χ2v) is 6.32. The van der Waals surface area contributed by atoms with Crippen LogP contribution < -0.4 is 5.32 Å². The topological polar surface area (TPSA) is 91.8 Å². The molecule has 7 heteroatoms. The molecule has 1 fully saturated rings. The SMILES string of the molecule is CC(C)(C)OC(=O)NC1CN(C(C(=O)O)c2ccncc2)C1. The predicted molar refractivity (Wildman–Crippen MR) is 79.3 cm³/mol. The molecule has 120 valence electrons. The Hall–Kier alpha value is -2.15. The van der Waals surface area contributed by atoms with Gasteiger partial charge >= 0.3 is 12.1 Å². The van der Waals surface area contributed by atoms with Gasteiger partial charge in [0.05, 0.1) is 6.04 Å². The number of hydrogen-bond donors (Lipinski definition) is 2.